The molecule has 4 nitrogen and oxygen atoms in total. The maximum absolute atomic E-state index is 12.2. The molecule has 3 rings (SSSR count). The summed E-state index contributed by atoms with van der Waals surface area (Å²) in [6, 6.07) is 14.8. The first-order chi connectivity index (χ1) is 10.1. The monoisotopic (exact) mass is 280 g/mol. The van der Waals surface area contributed by atoms with Crippen LogP contribution < -0.4 is 10.3 Å². The molecule has 0 N–H and O–H groups in total. The molecule has 0 fully saturated rings. The van der Waals surface area contributed by atoms with E-state index in [-0.39, 0.29) is 11.7 Å². The quantitative estimate of drug-likeness (QED) is 0.740. The number of fused-ring (bicyclic) bond motifs is 1. The standard InChI is InChI=1S/C17H16N2O2/c1-12(2)21-14-8-9-19-16(10-14)18-15(11-17(19)20)13-6-4-3-5-7-13/h3-12H,1-2H3. The zero-order valence-corrected chi connectivity index (χ0v) is 12.0. The van der Waals surface area contributed by atoms with Gasteiger partial charge in [0.25, 0.3) is 5.56 Å². The predicted molar refractivity (Wildman–Crippen MR) is 82.7 cm³/mol. The first-order valence-corrected chi connectivity index (χ1v) is 6.89. The van der Waals surface area contributed by atoms with E-state index in [0.29, 0.717) is 17.1 Å². The van der Waals surface area contributed by atoms with Crippen LogP contribution in [0.5, 0.6) is 5.75 Å². The summed E-state index contributed by atoms with van der Waals surface area (Å²) in [5, 5.41) is 0. The van der Waals surface area contributed by atoms with Crippen molar-refractivity contribution < 1.29 is 4.74 Å². The van der Waals surface area contributed by atoms with Crippen molar-refractivity contribution in [1.82, 2.24) is 9.38 Å². The summed E-state index contributed by atoms with van der Waals surface area (Å²) in [7, 11) is 0. The van der Waals surface area contributed by atoms with Crippen molar-refractivity contribution in [3.8, 4) is 17.0 Å². The van der Waals surface area contributed by atoms with Crippen LogP contribution in [0.3, 0.4) is 0 Å². The minimum Gasteiger partial charge on any atom is -0.491 e. The van der Waals surface area contributed by atoms with Gasteiger partial charge in [-0.05, 0) is 19.9 Å². The Kier molecular flexibility index (Phi) is 3.44. The Morgan fingerprint density at radius 1 is 1.10 bits per heavy atom. The van der Waals surface area contributed by atoms with Gasteiger partial charge in [0, 0.05) is 23.9 Å². The molecule has 0 spiro atoms. The van der Waals surface area contributed by atoms with E-state index in [1.54, 1.807) is 24.4 Å². The molecule has 4 heteroatoms. The molecule has 2 heterocycles. The Balaban J connectivity index is 2.15. The minimum absolute atomic E-state index is 0.0801. The van der Waals surface area contributed by atoms with Crippen LogP contribution in [-0.2, 0) is 0 Å². The molecule has 0 atom stereocenters. The van der Waals surface area contributed by atoms with Crippen LogP contribution >= 0.6 is 0 Å². The molecule has 0 unspecified atom stereocenters. The number of ether oxygens (including phenoxy) is 1. The molecule has 3 aromatic rings. The minimum atomic E-state index is -0.102. The number of rotatable bonds is 3. The smallest absolute Gasteiger partial charge is 0.258 e. The number of nitrogens with zero attached hydrogens (tertiary/aromatic N) is 2. The Labute approximate surface area is 122 Å². The van der Waals surface area contributed by atoms with Gasteiger partial charge in [0.15, 0.2) is 0 Å². The maximum atomic E-state index is 12.2. The van der Waals surface area contributed by atoms with Gasteiger partial charge >= 0.3 is 0 Å². The molecule has 0 saturated carbocycles. The van der Waals surface area contributed by atoms with Crippen molar-refractivity contribution >= 4 is 5.65 Å². The Bertz CT molecular complexity index is 823. The lowest BCUT2D eigenvalue weighted by Crippen LogP contribution is -2.14. The molecule has 0 radical (unpaired) electrons. The molecular formula is C17H16N2O2. The normalized spacial score (nSPS) is 11.0. The van der Waals surface area contributed by atoms with E-state index >= 15 is 0 Å². The first kappa shape index (κ1) is 13.4. The van der Waals surface area contributed by atoms with Crippen LogP contribution in [0.4, 0.5) is 0 Å². The van der Waals surface area contributed by atoms with Crippen LogP contribution in [0, 0.1) is 0 Å². The van der Waals surface area contributed by atoms with Gasteiger partial charge in [0.05, 0.1) is 11.8 Å². The van der Waals surface area contributed by atoms with Crippen LogP contribution in [0.25, 0.3) is 16.9 Å². The van der Waals surface area contributed by atoms with Crippen LogP contribution in [0.2, 0.25) is 0 Å². The molecule has 0 aliphatic carbocycles. The summed E-state index contributed by atoms with van der Waals surface area (Å²) >= 11 is 0. The third kappa shape index (κ3) is 2.79. The highest BCUT2D eigenvalue weighted by atomic mass is 16.5. The van der Waals surface area contributed by atoms with Gasteiger partial charge in [-0.15, -0.1) is 0 Å². The van der Waals surface area contributed by atoms with E-state index in [2.05, 4.69) is 4.98 Å². The highest BCUT2D eigenvalue weighted by Gasteiger charge is 2.06. The molecular weight excluding hydrogens is 264 g/mol. The Morgan fingerprint density at radius 2 is 1.86 bits per heavy atom. The van der Waals surface area contributed by atoms with Crippen molar-refractivity contribution in [2.24, 2.45) is 0 Å². The largest absolute Gasteiger partial charge is 0.491 e. The van der Waals surface area contributed by atoms with Gasteiger partial charge < -0.3 is 4.74 Å². The SMILES string of the molecule is CC(C)Oc1ccn2c(=O)cc(-c3ccccc3)nc2c1. The number of hydrogen-bond donors (Lipinski definition) is 0. The molecule has 0 amide bonds. The average Bonchev–Trinajstić information content (AvgIpc) is 2.47. The third-order valence-corrected chi connectivity index (χ3v) is 3.08. The molecule has 21 heavy (non-hydrogen) atoms. The molecule has 0 aliphatic heterocycles. The van der Waals surface area contributed by atoms with Crippen LogP contribution in [0.15, 0.2) is 59.5 Å². The lowest BCUT2D eigenvalue weighted by atomic mass is 10.1. The number of pyridine rings is 1. The van der Waals surface area contributed by atoms with E-state index in [4.69, 9.17) is 4.74 Å². The molecule has 0 bridgehead atoms. The highest BCUT2D eigenvalue weighted by Crippen LogP contribution is 2.18. The summed E-state index contributed by atoms with van der Waals surface area (Å²) in [4.78, 5) is 16.7. The molecule has 0 aliphatic rings. The lowest BCUT2D eigenvalue weighted by molar-refractivity contribution is 0.242. The zero-order valence-electron chi connectivity index (χ0n) is 12.0. The van der Waals surface area contributed by atoms with Crippen molar-refractivity contribution in [1.29, 1.82) is 0 Å². The molecule has 106 valence electrons. The van der Waals surface area contributed by atoms with Crippen LogP contribution in [-0.4, -0.2) is 15.5 Å². The van der Waals surface area contributed by atoms with E-state index < -0.39 is 0 Å². The maximum Gasteiger partial charge on any atom is 0.258 e. The molecule has 1 aromatic carbocycles. The summed E-state index contributed by atoms with van der Waals surface area (Å²) in [6.07, 6.45) is 1.77. The van der Waals surface area contributed by atoms with Gasteiger partial charge in [0.2, 0.25) is 0 Å². The third-order valence-electron chi connectivity index (χ3n) is 3.08. The second-order valence-corrected chi connectivity index (χ2v) is 5.10. The average molecular weight is 280 g/mol. The molecule has 2 aromatic heterocycles. The fourth-order valence-corrected chi connectivity index (χ4v) is 2.19. The number of benzene rings is 1. The van der Waals surface area contributed by atoms with Crippen molar-refractivity contribution in [3.63, 3.8) is 0 Å². The summed E-state index contributed by atoms with van der Waals surface area (Å²) in [5.74, 6) is 0.710. The van der Waals surface area contributed by atoms with E-state index in [1.807, 2.05) is 44.2 Å². The second-order valence-electron chi connectivity index (χ2n) is 5.10. The van der Waals surface area contributed by atoms with Crippen LogP contribution in [0.1, 0.15) is 13.8 Å². The highest BCUT2D eigenvalue weighted by molar-refractivity contribution is 5.61. The summed E-state index contributed by atoms with van der Waals surface area (Å²) in [6.45, 7) is 3.92. The Hall–Kier alpha value is -2.62. The predicted octanol–water partition coefficient (Wildman–Crippen LogP) is 3.15. The van der Waals surface area contributed by atoms with Gasteiger partial charge in [-0.25, -0.2) is 4.98 Å². The number of aromatic nitrogens is 2. The lowest BCUT2D eigenvalue weighted by Gasteiger charge is -2.11. The second kappa shape index (κ2) is 5.40. The summed E-state index contributed by atoms with van der Waals surface area (Å²) in [5.41, 5.74) is 2.07. The van der Waals surface area contributed by atoms with Crippen molar-refractivity contribution in [2.75, 3.05) is 0 Å². The fraction of sp³-hybridized carbons (Fsp3) is 0.176. The van der Waals surface area contributed by atoms with Crippen molar-refractivity contribution in [3.05, 3.63) is 65.1 Å². The van der Waals surface area contributed by atoms with Crippen molar-refractivity contribution in [2.45, 2.75) is 20.0 Å². The van der Waals surface area contributed by atoms with E-state index in [9.17, 15) is 4.79 Å². The fourth-order valence-electron chi connectivity index (χ4n) is 2.19. The number of hydrogen-bond acceptors (Lipinski definition) is 3. The van der Waals surface area contributed by atoms with E-state index in [1.165, 1.54) is 4.40 Å². The van der Waals surface area contributed by atoms with Gasteiger partial charge in [-0.1, -0.05) is 30.3 Å². The zero-order chi connectivity index (χ0) is 14.8. The molecule has 0 saturated heterocycles. The van der Waals surface area contributed by atoms with Gasteiger partial charge in [0.1, 0.15) is 11.4 Å². The summed E-state index contributed by atoms with van der Waals surface area (Å²) < 4.78 is 7.17. The Morgan fingerprint density at radius 3 is 2.57 bits per heavy atom. The van der Waals surface area contributed by atoms with E-state index in [0.717, 1.165) is 5.56 Å². The topological polar surface area (TPSA) is 43.6 Å². The first-order valence-electron chi connectivity index (χ1n) is 6.89. The van der Waals surface area contributed by atoms with Gasteiger partial charge in [-0.3, -0.25) is 9.20 Å². The van der Waals surface area contributed by atoms with Gasteiger partial charge in [-0.2, -0.15) is 0 Å².